The number of carbonyl (C=O) groups is 4. The molecule has 0 aromatic heterocycles. The third kappa shape index (κ3) is 2.38. The molecule has 106 valence electrons. The molecule has 0 aromatic rings. The number of hydrogen-bond donors (Lipinski definition) is 2. The van der Waals surface area contributed by atoms with Crippen molar-refractivity contribution in [3.63, 3.8) is 0 Å². The molecule has 1 saturated heterocycles. The molecule has 8 heteroatoms. The number of carboxylic acids is 1. The first kappa shape index (κ1) is 14.9. The van der Waals surface area contributed by atoms with Gasteiger partial charge in [-0.05, 0) is 0 Å². The van der Waals surface area contributed by atoms with Crippen molar-refractivity contribution in [2.75, 3.05) is 7.11 Å². The molecule has 0 saturated carbocycles. The summed E-state index contributed by atoms with van der Waals surface area (Å²) in [6.45, 7) is 2.98. The van der Waals surface area contributed by atoms with Gasteiger partial charge in [0.1, 0.15) is 0 Å². The lowest BCUT2D eigenvalue weighted by Crippen LogP contribution is -2.69. The van der Waals surface area contributed by atoms with Gasteiger partial charge < -0.3 is 9.84 Å². The Morgan fingerprint density at radius 1 is 1.32 bits per heavy atom. The van der Waals surface area contributed by atoms with Crippen molar-refractivity contribution in [2.45, 2.75) is 32.4 Å². The highest BCUT2D eigenvalue weighted by atomic mass is 16.5. The van der Waals surface area contributed by atoms with Crippen LogP contribution in [0.5, 0.6) is 0 Å². The standard InChI is InChI=1S/C11H16N2O6/c1-6(2)11(9(16)17,12-10(18)19-3)13-7(14)4-5-8(13)15/h6H,4-5H2,1-3H3,(H,12,18)(H,16,17)/t11-/m0/s1. The monoisotopic (exact) mass is 272 g/mol. The zero-order valence-corrected chi connectivity index (χ0v) is 10.9. The number of aliphatic carboxylic acids is 1. The van der Waals surface area contributed by atoms with Gasteiger partial charge in [-0.3, -0.25) is 14.9 Å². The van der Waals surface area contributed by atoms with Crippen LogP contribution in [0.4, 0.5) is 4.79 Å². The Morgan fingerprint density at radius 3 is 2.11 bits per heavy atom. The summed E-state index contributed by atoms with van der Waals surface area (Å²) in [6, 6.07) is 0. The molecule has 1 heterocycles. The molecule has 1 aliphatic rings. The quantitative estimate of drug-likeness (QED) is 0.692. The fourth-order valence-corrected chi connectivity index (χ4v) is 2.03. The number of amides is 3. The molecule has 0 radical (unpaired) electrons. The largest absolute Gasteiger partial charge is 0.478 e. The molecule has 0 bridgehead atoms. The van der Waals surface area contributed by atoms with E-state index in [2.05, 4.69) is 10.1 Å². The highest BCUT2D eigenvalue weighted by Gasteiger charge is 2.55. The molecular weight excluding hydrogens is 256 g/mol. The summed E-state index contributed by atoms with van der Waals surface area (Å²) in [4.78, 5) is 47.1. The van der Waals surface area contributed by atoms with E-state index in [-0.39, 0.29) is 12.8 Å². The number of rotatable bonds is 4. The first-order chi connectivity index (χ1) is 8.77. The Balaban J connectivity index is 3.31. The van der Waals surface area contributed by atoms with Gasteiger partial charge in [0.2, 0.25) is 17.5 Å². The van der Waals surface area contributed by atoms with Crippen LogP contribution in [0.1, 0.15) is 26.7 Å². The van der Waals surface area contributed by atoms with E-state index in [9.17, 15) is 24.3 Å². The normalized spacial score (nSPS) is 18.4. The van der Waals surface area contributed by atoms with E-state index < -0.39 is 35.5 Å². The number of alkyl carbamates (subject to hydrolysis) is 1. The van der Waals surface area contributed by atoms with E-state index in [1.165, 1.54) is 13.8 Å². The number of hydrogen-bond acceptors (Lipinski definition) is 5. The van der Waals surface area contributed by atoms with Crippen molar-refractivity contribution < 1.29 is 29.0 Å². The Kier molecular flexibility index (Phi) is 4.13. The van der Waals surface area contributed by atoms with Crippen molar-refractivity contribution >= 4 is 23.9 Å². The zero-order valence-electron chi connectivity index (χ0n) is 10.9. The summed E-state index contributed by atoms with van der Waals surface area (Å²) in [5, 5.41) is 11.5. The van der Waals surface area contributed by atoms with Crippen LogP contribution in [0, 0.1) is 5.92 Å². The lowest BCUT2D eigenvalue weighted by Gasteiger charge is -2.39. The number of nitrogens with one attached hydrogen (secondary N) is 1. The molecular formula is C11H16N2O6. The number of imide groups is 1. The summed E-state index contributed by atoms with van der Waals surface area (Å²) in [6.07, 6.45) is -1.16. The smallest absolute Gasteiger partial charge is 0.409 e. The number of carboxylic acid groups (broad SMARTS) is 1. The van der Waals surface area contributed by atoms with E-state index in [1.807, 2.05) is 0 Å². The van der Waals surface area contributed by atoms with Gasteiger partial charge in [-0.2, -0.15) is 0 Å². The number of carbonyl (C=O) groups excluding carboxylic acids is 3. The number of ether oxygens (including phenoxy) is 1. The molecule has 19 heavy (non-hydrogen) atoms. The fourth-order valence-electron chi connectivity index (χ4n) is 2.03. The van der Waals surface area contributed by atoms with E-state index in [4.69, 9.17) is 0 Å². The second-order valence-corrected chi connectivity index (χ2v) is 4.47. The molecule has 1 aliphatic heterocycles. The van der Waals surface area contributed by atoms with Crippen LogP contribution >= 0.6 is 0 Å². The van der Waals surface area contributed by atoms with Crippen molar-refractivity contribution in [1.29, 1.82) is 0 Å². The second kappa shape index (κ2) is 5.25. The third-order valence-electron chi connectivity index (χ3n) is 3.04. The molecule has 2 N–H and O–H groups in total. The summed E-state index contributed by atoms with van der Waals surface area (Å²) >= 11 is 0. The van der Waals surface area contributed by atoms with Crippen molar-refractivity contribution in [3.05, 3.63) is 0 Å². The molecule has 1 fully saturated rings. The molecule has 3 amide bonds. The number of methoxy groups -OCH3 is 1. The van der Waals surface area contributed by atoms with Crippen LogP contribution in [0.2, 0.25) is 0 Å². The third-order valence-corrected chi connectivity index (χ3v) is 3.04. The average molecular weight is 272 g/mol. The van der Waals surface area contributed by atoms with Gasteiger partial charge in [-0.1, -0.05) is 13.8 Å². The Hall–Kier alpha value is -2.12. The van der Waals surface area contributed by atoms with Gasteiger partial charge in [0.25, 0.3) is 0 Å². The lowest BCUT2D eigenvalue weighted by atomic mass is 9.94. The molecule has 0 aliphatic carbocycles. The van der Waals surface area contributed by atoms with E-state index in [0.717, 1.165) is 7.11 Å². The zero-order chi connectivity index (χ0) is 14.8. The summed E-state index contributed by atoms with van der Waals surface area (Å²) < 4.78 is 4.37. The summed E-state index contributed by atoms with van der Waals surface area (Å²) in [5.41, 5.74) is -2.13. The maximum atomic E-state index is 11.8. The molecule has 1 atom stereocenters. The average Bonchev–Trinajstić information content (AvgIpc) is 2.65. The highest BCUT2D eigenvalue weighted by Crippen LogP contribution is 2.29. The van der Waals surface area contributed by atoms with Crippen LogP contribution in [0.15, 0.2) is 0 Å². The predicted molar refractivity (Wildman–Crippen MR) is 61.8 cm³/mol. The maximum absolute atomic E-state index is 11.8. The van der Waals surface area contributed by atoms with E-state index >= 15 is 0 Å². The minimum Gasteiger partial charge on any atom is -0.478 e. The van der Waals surface area contributed by atoms with Crippen LogP contribution in [-0.2, 0) is 19.1 Å². The Morgan fingerprint density at radius 2 is 1.79 bits per heavy atom. The first-order valence-electron chi connectivity index (χ1n) is 5.72. The minimum absolute atomic E-state index is 0.0660. The first-order valence-corrected chi connectivity index (χ1v) is 5.72. The Labute approximate surface area is 109 Å². The fraction of sp³-hybridized carbons (Fsp3) is 0.636. The molecule has 1 rings (SSSR count). The van der Waals surface area contributed by atoms with Crippen molar-refractivity contribution in [1.82, 2.24) is 10.2 Å². The number of likely N-dealkylation sites (tertiary alicyclic amines) is 1. The Bertz CT molecular complexity index is 417. The molecule has 8 nitrogen and oxygen atoms in total. The summed E-state index contributed by atoms with van der Waals surface area (Å²) in [5.74, 6) is -3.47. The predicted octanol–water partition coefficient (Wildman–Crippen LogP) is -0.0717. The second-order valence-electron chi connectivity index (χ2n) is 4.47. The van der Waals surface area contributed by atoms with Gasteiger partial charge in [0, 0.05) is 18.8 Å². The molecule has 0 spiro atoms. The minimum atomic E-state index is -2.13. The van der Waals surface area contributed by atoms with Gasteiger partial charge in [0.05, 0.1) is 7.11 Å². The SMILES string of the molecule is COC(=O)N[C@@](C(=O)O)(C(C)C)N1C(=O)CCC1=O. The van der Waals surface area contributed by atoms with Crippen LogP contribution in [0.3, 0.4) is 0 Å². The van der Waals surface area contributed by atoms with Gasteiger partial charge in [-0.25, -0.2) is 14.5 Å². The maximum Gasteiger partial charge on any atom is 0.409 e. The van der Waals surface area contributed by atoms with Crippen molar-refractivity contribution in [3.8, 4) is 0 Å². The van der Waals surface area contributed by atoms with Crippen LogP contribution in [-0.4, -0.2) is 46.7 Å². The number of nitrogens with zero attached hydrogens (tertiary/aromatic N) is 1. The summed E-state index contributed by atoms with van der Waals surface area (Å²) in [7, 11) is 1.07. The topological polar surface area (TPSA) is 113 Å². The molecule has 0 aromatic carbocycles. The van der Waals surface area contributed by atoms with Gasteiger partial charge in [0.15, 0.2) is 0 Å². The van der Waals surface area contributed by atoms with Crippen molar-refractivity contribution in [2.24, 2.45) is 5.92 Å². The van der Waals surface area contributed by atoms with Crippen LogP contribution < -0.4 is 5.32 Å². The highest BCUT2D eigenvalue weighted by molar-refractivity contribution is 6.06. The van der Waals surface area contributed by atoms with E-state index in [1.54, 1.807) is 0 Å². The van der Waals surface area contributed by atoms with Gasteiger partial charge in [-0.15, -0.1) is 0 Å². The van der Waals surface area contributed by atoms with E-state index in [0.29, 0.717) is 4.90 Å². The van der Waals surface area contributed by atoms with Gasteiger partial charge >= 0.3 is 12.1 Å². The lowest BCUT2D eigenvalue weighted by molar-refractivity contribution is -0.168. The van der Waals surface area contributed by atoms with Crippen LogP contribution in [0.25, 0.3) is 0 Å². The molecule has 0 unspecified atom stereocenters.